The lowest BCUT2D eigenvalue weighted by molar-refractivity contribution is 0.0177. The molecule has 19 heavy (non-hydrogen) atoms. The fraction of sp³-hybridized carbons (Fsp3) is 0.500. The molecule has 0 radical (unpaired) electrons. The van der Waals surface area contributed by atoms with Crippen LogP contribution in [0.1, 0.15) is 34.5 Å². The molecular weight excluding hydrogens is 262 g/mol. The van der Waals surface area contributed by atoms with Crippen LogP contribution in [-0.2, 0) is 4.74 Å². The van der Waals surface area contributed by atoms with Crippen LogP contribution in [0.15, 0.2) is 11.4 Å². The minimum atomic E-state index is -0.0668. The lowest BCUT2D eigenvalue weighted by Crippen LogP contribution is -2.47. The van der Waals surface area contributed by atoms with Crippen molar-refractivity contribution in [2.75, 3.05) is 13.7 Å². The van der Waals surface area contributed by atoms with Crippen LogP contribution in [0.5, 0.6) is 0 Å². The van der Waals surface area contributed by atoms with E-state index in [4.69, 9.17) is 9.84 Å². The van der Waals surface area contributed by atoms with Gasteiger partial charge in [0.25, 0.3) is 5.91 Å². The van der Waals surface area contributed by atoms with Gasteiger partial charge >= 0.3 is 0 Å². The fourth-order valence-electron chi connectivity index (χ4n) is 1.92. The first-order chi connectivity index (χ1) is 9.24. The molecule has 2 N–H and O–H groups in total. The second-order valence-corrected chi connectivity index (χ2v) is 5.35. The smallest absolute Gasteiger partial charge is 0.262 e. The fourth-order valence-corrected chi connectivity index (χ4v) is 2.68. The highest BCUT2D eigenvalue weighted by Gasteiger charge is 2.30. The van der Waals surface area contributed by atoms with Gasteiger partial charge < -0.3 is 15.2 Å². The molecule has 0 saturated heterocycles. The van der Waals surface area contributed by atoms with Crippen LogP contribution in [0.3, 0.4) is 0 Å². The van der Waals surface area contributed by atoms with Crippen LogP contribution in [0.4, 0.5) is 0 Å². The average molecular weight is 279 g/mol. The van der Waals surface area contributed by atoms with E-state index in [1.807, 2.05) is 11.4 Å². The third-order valence-electron chi connectivity index (χ3n) is 3.09. The minimum Gasteiger partial charge on any atom is -0.395 e. The van der Waals surface area contributed by atoms with Crippen molar-refractivity contribution in [3.63, 3.8) is 0 Å². The minimum absolute atomic E-state index is 0.0408. The van der Waals surface area contributed by atoms with E-state index in [1.54, 1.807) is 7.11 Å². The standard InChI is InChI=1S/C14H17NO3S/c1-18-12-8-11(9-12)15-14(17)13-10(5-7-19-13)4-2-3-6-16/h5,7,11-12,16H,3,6,8-9H2,1H3,(H,15,17). The van der Waals surface area contributed by atoms with Crippen molar-refractivity contribution < 1.29 is 14.6 Å². The first-order valence-electron chi connectivity index (χ1n) is 6.25. The van der Waals surface area contributed by atoms with Crippen molar-refractivity contribution in [3.8, 4) is 11.8 Å². The van der Waals surface area contributed by atoms with Crippen molar-refractivity contribution in [2.45, 2.75) is 31.4 Å². The van der Waals surface area contributed by atoms with Crippen LogP contribution >= 0.6 is 11.3 Å². The highest BCUT2D eigenvalue weighted by Crippen LogP contribution is 2.24. The highest BCUT2D eigenvalue weighted by atomic mass is 32.1. The van der Waals surface area contributed by atoms with Gasteiger partial charge in [-0.05, 0) is 24.3 Å². The zero-order chi connectivity index (χ0) is 13.7. The molecule has 0 atom stereocenters. The molecule has 1 heterocycles. The molecule has 1 aliphatic rings. The molecule has 1 saturated carbocycles. The molecule has 0 bridgehead atoms. The Balaban J connectivity index is 1.93. The number of aliphatic hydroxyl groups is 1. The monoisotopic (exact) mass is 279 g/mol. The summed E-state index contributed by atoms with van der Waals surface area (Å²) in [5.74, 6) is 5.69. The number of amides is 1. The van der Waals surface area contributed by atoms with E-state index >= 15 is 0 Å². The number of ether oxygens (including phenoxy) is 1. The van der Waals surface area contributed by atoms with Gasteiger partial charge in [0.2, 0.25) is 0 Å². The Bertz CT molecular complexity index is 494. The van der Waals surface area contributed by atoms with Crippen molar-refractivity contribution in [3.05, 3.63) is 21.9 Å². The lowest BCUT2D eigenvalue weighted by Gasteiger charge is -2.34. The quantitative estimate of drug-likeness (QED) is 0.819. The maximum absolute atomic E-state index is 12.1. The van der Waals surface area contributed by atoms with Gasteiger partial charge in [-0.3, -0.25) is 4.79 Å². The number of nitrogens with one attached hydrogen (secondary N) is 1. The largest absolute Gasteiger partial charge is 0.395 e. The van der Waals surface area contributed by atoms with E-state index in [1.165, 1.54) is 11.3 Å². The molecule has 0 aliphatic heterocycles. The first-order valence-corrected chi connectivity index (χ1v) is 7.13. The normalized spacial score (nSPS) is 21.2. The number of thiophene rings is 1. The number of hydrogen-bond donors (Lipinski definition) is 2. The summed E-state index contributed by atoms with van der Waals surface area (Å²) in [7, 11) is 1.69. The second-order valence-electron chi connectivity index (χ2n) is 4.44. The molecule has 0 unspecified atom stereocenters. The molecular formula is C14H17NO3S. The molecule has 1 aromatic rings. The lowest BCUT2D eigenvalue weighted by atomic mass is 9.89. The Morgan fingerprint density at radius 1 is 1.63 bits per heavy atom. The summed E-state index contributed by atoms with van der Waals surface area (Å²) in [4.78, 5) is 12.7. The zero-order valence-corrected chi connectivity index (χ0v) is 11.6. The maximum atomic E-state index is 12.1. The molecule has 0 spiro atoms. The summed E-state index contributed by atoms with van der Waals surface area (Å²) in [5.41, 5.74) is 0.735. The topological polar surface area (TPSA) is 58.6 Å². The third-order valence-corrected chi connectivity index (χ3v) is 4.01. The van der Waals surface area contributed by atoms with E-state index in [9.17, 15) is 4.79 Å². The number of hydrogen-bond acceptors (Lipinski definition) is 4. The SMILES string of the molecule is COC1CC(NC(=O)c2sccc2C#CCCO)C1. The summed E-state index contributed by atoms with van der Waals surface area (Å²) in [6.45, 7) is 0.0408. The molecule has 1 aromatic heterocycles. The number of aliphatic hydroxyl groups excluding tert-OH is 1. The van der Waals surface area contributed by atoms with E-state index in [0.717, 1.165) is 18.4 Å². The summed E-state index contributed by atoms with van der Waals surface area (Å²) >= 11 is 1.39. The predicted octanol–water partition coefficient (Wildman–Crippen LogP) is 1.39. The Labute approximate surface area is 116 Å². The van der Waals surface area contributed by atoms with Crippen molar-refractivity contribution in [1.82, 2.24) is 5.32 Å². The third kappa shape index (κ3) is 3.57. The van der Waals surface area contributed by atoms with Gasteiger partial charge in [0.1, 0.15) is 4.88 Å². The zero-order valence-electron chi connectivity index (χ0n) is 10.8. The van der Waals surface area contributed by atoms with Crippen LogP contribution in [0.25, 0.3) is 0 Å². The van der Waals surface area contributed by atoms with Gasteiger partial charge in [-0.1, -0.05) is 11.8 Å². The molecule has 2 rings (SSSR count). The second kappa shape index (κ2) is 6.71. The van der Waals surface area contributed by atoms with Gasteiger partial charge in [0, 0.05) is 25.1 Å². The molecule has 0 aromatic carbocycles. The van der Waals surface area contributed by atoms with E-state index in [-0.39, 0.29) is 24.7 Å². The molecule has 1 amide bonds. The highest BCUT2D eigenvalue weighted by molar-refractivity contribution is 7.12. The van der Waals surface area contributed by atoms with Gasteiger partial charge in [0.15, 0.2) is 0 Å². The van der Waals surface area contributed by atoms with E-state index in [0.29, 0.717) is 11.3 Å². The van der Waals surface area contributed by atoms with Crippen LogP contribution < -0.4 is 5.32 Å². The van der Waals surface area contributed by atoms with Gasteiger partial charge in [-0.25, -0.2) is 0 Å². The van der Waals surface area contributed by atoms with E-state index in [2.05, 4.69) is 17.2 Å². The molecule has 5 heteroatoms. The Hall–Kier alpha value is -1.35. The molecule has 1 aliphatic carbocycles. The maximum Gasteiger partial charge on any atom is 0.262 e. The summed E-state index contributed by atoms with van der Waals surface area (Å²) in [6.07, 6.45) is 2.45. The number of rotatable bonds is 4. The predicted molar refractivity (Wildman–Crippen MR) is 74.2 cm³/mol. The van der Waals surface area contributed by atoms with Gasteiger partial charge in [0.05, 0.1) is 12.7 Å². The van der Waals surface area contributed by atoms with Crippen molar-refractivity contribution in [1.29, 1.82) is 0 Å². The number of methoxy groups -OCH3 is 1. The molecule has 1 fully saturated rings. The van der Waals surface area contributed by atoms with Crippen LogP contribution in [0.2, 0.25) is 0 Å². The Kier molecular flexibility index (Phi) is 4.97. The first kappa shape index (κ1) is 14.1. The van der Waals surface area contributed by atoms with Crippen LogP contribution in [-0.4, -0.2) is 36.9 Å². The van der Waals surface area contributed by atoms with E-state index < -0.39 is 0 Å². The summed E-state index contributed by atoms with van der Waals surface area (Å²) < 4.78 is 5.18. The average Bonchev–Trinajstić information content (AvgIpc) is 2.81. The van der Waals surface area contributed by atoms with Gasteiger partial charge in [-0.15, -0.1) is 11.3 Å². The van der Waals surface area contributed by atoms with Crippen LogP contribution in [0, 0.1) is 11.8 Å². The molecule has 4 nitrogen and oxygen atoms in total. The Morgan fingerprint density at radius 2 is 2.42 bits per heavy atom. The summed E-state index contributed by atoms with van der Waals surface area (Å²) in [6, 6.07) is 2.04. The van der Waals surface area contributed by atoms with Crippen molar-refractivity contribution >= 4 is 17.2 Å². The Morgan fingerprint density at radius 3 is 3.11 bits per heavy atom. The van der Waals surface area contributed by atoms with Gasteiger partial charge in [-0.2, -0.15) is 0 Å². The number of carbonyl (C=O) groups is 1. The molecule has 102 valence electrons. The summed E-state index contributed by atoms with van der Waals surface area (Å²) in [5, 5.41) is 13.5. The van der Waals surface area contributed by atoms with Crippen molar-refractivity contribution in [2.24, 2.45) is 0 Å². The number of carbonyl (C=O) groups excluding carboxylic acids is 1.